The highest BCUT2D eigenvalue weighted by Crippen LogP contribution is 2.45. The van der Waals surface area contributed by atoms with Crippen LogP contribution in [0.3, 0.4) is 0 Å². The minimum absolute atomic E-state index is 0.126. The molecule has 0 N–H and O–H groups in total. The molecule has 0 amide bonds. The van der Waals surface area contributed by atoms with E-state index < -0.39 is 0 Å². The topological polar surface area (TPSA) is 0 Å². The molecule has 0 aliphatic heterocycles. The van der Waals surface area contributed by atoms with E-state index in [1.165, 1.54) is 32.1 Å². The molecule has 0 nitrogen and oxygen atoms in total. The van der Waals surface area contributed by atoms with E-state index in [4.69, 9.17) is 12.6 Å². The first-order chi connectivity index (χ1) is 12.2. The molecular formula is C26H54S. The first-order valence-corrected chi connectivity index (χ1v) is 12.3. The average molecular weight is 399 g/mol. The molecule has 6 atom stereocenters. The Kier molecular flexibility index (Phi) is 11.7. The first kappa shape index (κ1) is 27.4. The van der Waals surface area contributed by atoms with Crippen LogP contribution in [0.2, 0.25) is 0 Å². The molecule has 0 aromatic heterocycles. The van der Waals surface area contributed by atoms with Gasteiger partial charge in [0, 0.05) is 4.75 Å². The summed E-state index contributed by atoms with van der Waals surface area (Å²) in [6.07, 6.45) is 6.52. The first-order valence-electron chi connectivity index (χ1n) is 11.9. The fourth-order valence-electron chi connectivity index (χ4n) is 5.60. The summed E-state index contributed by atoms with van der Waals surface area (Å²) >= 11 is 4.84. The van der Waals surface area contributed by atoms with E-state index in [9.17, 15) is 0 Å². The molecule has 6 unspecified atom stereocenters. The van der Waals surface area contributed by atoms with Gasteiger partial charge in [0.25, 0.3) is 0 Å². The Balaban J connectivity index is 5.21. The second kappa shape index (κ2) is 11.5. The average Bonchev–Trinajstić information content (AvgIpc) is 2.50. The van der Waals surface area contributed by atoms with Crippen LogP contribution in [0, 0.1) is 46.8 Å². The van der Waals surface area contributed by atoms with Crippen LogP contribution >= 0.6 is 12.6 Å². The fourth-order valence-corrected chi connectivity index (χ4v) is 5.88. The van der Waals surface area contributed by atoms with Gasteiger partial charge in [-0.2, -0.15) is 12.6 Å². The van der Waals surface area contributed by atoms with E-state index in [-0.39, 0.29) is 4.75 Å². The van der Waals surface area contributed by atoms with Crippen LogP contribution in [0.25, 0.3) is 0 Å². The smallest absolute Gasteiger partial charge is 0.00758 e. The van der Waals surface area contributed by atoms with Gasteiger partial charge in [0.1, 0.15) is 0 Å². The van der Waals surface area contributed by atoms with Crippen molar-refractivity contribution in [3.8, 4) is 0 Å². The number of thiol groups is 1. The van der Waals surface area contributed by atoms with Crippen molar-refractivity contribution in [1.82, 2.24) is 0 Å². The van der Waals surface area contributed by atoms with E-state index >= 15 is 0 Å². The van der Waals surface area contributed by atoms with Gasteiger partial charge >= 0.3 is 0 Å². The maximum atomic E-state index is 4.84. The molecule has 0 bridgehead atoms. The Bertz CT molecular complexity index is 390. The molecule has 0 rings (SSSR count). The summed E-state index contributed by atoms with van der Waals surface area (Å²) in [5.41, 5.74) is 0.395. The highest BCUT2D eigenvalue weighted by molar-refractivity contribution is 7.81. The van der Waals surface area contributed by atoms with Gasteiger partial charge in [-0.15, -0.1) is 0 Å². The quantitative estimate of drug-likeness (QED) is 0.294. The van der Waals surface area contributed by atoms with E-state index in [0.717, 1.165) is 41.4 Å². The second-order valence-electron chi connectivity index (χ2n) is 11.7. The minimum atomic E-state index is 0.126. The molecule has 0 fully saturated rings. The van der Waals surface area contributed by atoms with Crippen LogP contribution in [0.15, 0.2) is 0 Å². The van der Waals surface area contributed by atoms with Crippen molar-refractivity contribution in [2.75, 3.05) is 0 Å². The largest absolute Gasteiger partial charge is 0.173 e. The lowest BCUT2D eigenvalue weighted by Crippen LogP contribution is -2.34. The summed E-state index contributed by atoms with van der Waals surface area (Å²) in [6.45, 7) is 29.1. The second-order valence-corrected chi connectivity index (χ2v) is 12.9. The van der Waals surface area contributed by atoms with E-state index in [1.807, 2.05) is 0 Å². The van der Waals surface area contributed by atoms with Crippen LogP contribution in [-0.2, 0) is 0 Å². The van der Waals surface area contributed by atoms with E-state index in [2.05, 4.69) is 83.1 Å². The molecule has 0 aromatic carbocycles. The molecule has 0 aromatic rings. The van der Waals surface area contributed by atoms with Gasteiger partial charge in [-0.25, -0.2) is 0 Å². The Morgan fingerprint density at radius 1 is 0.667 bits per heavy atom. The van der Waals surface area contributed by atoms with Crippen LogP contribution in [-0.4, -0.2) is 4.75 Å². The Morgan fingerprint density at radius 2 is 1.19 bits per heavy atom. The Hall–Kier alpha value is 0.350. The number of hydrogen-bond donors (Lipinski definition) is 1. The van der Waals surface area contributed by atoms with Gasteiger partial charge in [0.05, 0.1) is 0 Å². The summed E-state index contributed by atoms with van der Waals surface area (Å²) in [6, 6.07) is 0. The highest BCUT2D eigenvalue weighted by atomic mass is 32.1. The van der Waals surface area contributed by atoms with Gasteiger partial charge in [-0.05, 0) is 66.1 Å². The molecule has 0 spiro atoms. The predicted molar refractivity (Wildman–Crippen MR) is 130 cm³/mol. The van der Waals surface area contributed by atoms with Gasteiger partial charge in [0.2, 0.25) is 0 Å². The maximum absolute atomic E-state index is 4.84. The van der Waals surface area contributed by atoms with Crippen molar-refractivity contribution < 1.29 is 0 Å². The zero-order valence-corrected chi connectivity index (χ0v) is 21.9. The maximum Gasteiger partial charge on any atom is 0.00758 e. The molecule has 0 saturated heterocycles. The van der Waals surface area contributed by atoms with Crippen LogP contribution in [0.1, 0.15) is 115 Å². The fraction of sp³-hybridized carbons (Fsp3) is 1.00. The lowest BCUT2D eigenvalue weighted by atomic mass is 9.64. The standard InChI is InChI=1S/C26H54S/c1-13-19(5)24(21(7)16-26(11,12)27)17-25(9,10)22(8)15-20(6)23(14-2)18(3)4/h18-24,27H,13-17H2,1-12H3. The normalized spacial score (nSPS) is 20.2. The van der Waals surface area contributed by atoms with Crippen molar-refractivity contribution in [3.05, 3.63) is 0 Å². The summed E-state index contributed by atoms with van der Waals surface area (Å²) in [4.78, 5) is 0. The van der Waals surface area contributed by atoms with Gasteiger partial charge in [-0.1, -0.05) is 95.9 Å². The zero-order valence-electron chi connectivity index (χ0n) is 21.0. The summed E-state index contributed by atoms with van der Waals surface area (Å²) in [5.74, 6) is 5.56. The monoisotopic (exact) mass is 398 g/mol. The third-order valence-electron chi connectivity index (χ3n) is 7.81. The molecule has 0 saturated carbocycles. The van der Waals surface area contributed by atoms with Crippen LogP contribution < -0.4 is 0 Å². The minimum Gasteiger partial charge on any atom is -0.173 e. The summed E-state index contributed by atoms with van der Waals surface area (Å²) in [5, 5.41) is 0. The predicted octanol–water partition coefficient (Wildman–Crippen LogP) is 9.14. The van der Waals surface area contributed by atoms with Crippen molar-refractivity contribution in [1.29, 1.82) is 0 Å². The van der Waals surface area contributed by atoms with Gasteiger partial charge < -0.3 is 0 Å². The SMILES string of the molecule is CCC(C)C(CC(C)(C)C(C)CC(C)C(CC)C(C)C)C(C)CC(C)(C)S. The third kappa shape index (κ3) is 9.60. The summed E-state index contributed by atoms with van der Waals surface area (Å²) in [7, 11) is 0. The van der Waals surface area contributed by atoms with Crippen LogP contribution in [0.4, 0.5) is 0 Å². The van der Waals surface area contributed by atoms with Gasteiger partial charge in [-0.3, -0.25) is 0 Å². The highest BCUT2D eigenvalue weighted by Gasteiger charge is 2.36. The molecule has 1 heteroatoms. The Morgan fingerprint density at radius 3 is 1.56 bits per heavy atom. The third-order valence-corrected chi connectivity index (χ3v) is 7.99. The zero-order chi connectivity index (χ0) is 21.6. The van der Waals surface area contributed by atoms with E-state index in [1.54, 1.807) is 0 Å². The van der Waals surface area contributed by atoms with Crippen molar-refractivity contribution in [2.45, 2.75) is 120 Å². The number of rotatable bonds is 13. The Labute approximate surface area is 179 Å². The van der Waals surface area contributed by atoms with E-state index in [0.29, 0.717) is 5.41 Å². The molecule has 164 valence electrons. The van der Waals surface area contributed by atoms with Crippen molar-refractivity contribution in [2.24, 2.45) is 46.8 Å². The molecule has 0 radical (unpaired) electrons. The summed E-state index contributed by atoms with van der Waals surface area (Å²) < 4.78 is 0.126. The molecule has 0 heterocycles. The molecule has 27 heavy (non-hydrogen) atoms. The lowest BCUT2D eigenvalue weighted by molar-refractivity contribution is 0.0842. The van der Waals surface area contributed by atoms with Crippen molar-refractivity contribution >= 4 is 12.6 Å². The van der Waals surface area contributed by atoms with Crippen molar-refractivity contribution in [3.63, 3.8) is 0 Å². The number of hydrogen-bond acceptors (Lipinski definition) is 1. The lowest BCUT2D eigenvalue weighted by Gasteiger charge is -2.42. The van der Waals surface area contributed by atoms with Crippen LogP contribution in [0.5, 0.6) is 0 Å². The molecular weight excluding hydrogens is 344 g/mol. The molecule has 0 aliphatic carbocycles. The molecule has 0 aliphatic rings. The van der Waals surface area contributed by atoms with Gasteiger partial charge in [0.15, 0.2) is 0 Å².